The molecule has 0 bridgehead atoms. The Balaban J connectivity index is 3.95. The Morgan fingerprint density at radius 2 is 2.00 bits per heavy atom. The van der Waals surface area contributed by atoms with Gasteiger partial charge in [-0.2, -0.15) is 0 Å². The van der Waals surface area contributed by atoms with Crippen molar-refractivity contribution < 1.29 is 25.0 Å². The van der Waals surface area contributed by atoms with E-state index in [0.29, 0.717) is 0 Å². The summed E-state index contributed by atoms with van der Waals surface area (Å²) in [6, 6.07) is 0. The van der Waals surface area contributed by atoms with Gasteiger partial charge in [0.25, 0.3) is 0 Å². The van der Waals surface area contributed by atoms with E-state index in [9.17, 15) is 0 Å². The van der Waals surface area contributed by atoms with Gasteiger partial charge in [0, 0.05) is 0 Å². The van der Waals surface area contributed by atoms with Crippen LogP contribution in [-0.4, -0.2) is 4.47 Å². The molecule has 2 nitrogen and oxygen atoms in total. The summed E-state index contributed by atoms with van der Waals surface area (Å²) in [5.74, 6) is 0. The fourth-order valence-electron chi connectivity index (χ4n) is 0. The van der Waals surface area contributed by atoms with Crippen LogP contribution in [0, 0.1) is 0 Å². The molecule has 0 heterocycles. The number of rotatable bonds is 0. The molecule has 4 heavy (non-hydrogen) atoms. The van der Waals surface area contributed by atoms with E-state index in [1.54, 1.807) is 0 Å². The third-order valence-electron chi connectivity index (χ3n) is 0.0295. The predicted molar refractivity (Wildman–Crippen MR) is 6.38 cm³/mol. The van der Waals surface area contributed by atoms with Crippen molar-refractivity contribution >= 4 is 4.47 Å². The topological polar surface area (TPSA) is 34.1 Å². The Labute approximate surface area is 30.2 Å². The van der Waals surface area contributed by atoms with Crippen molar-refractivity contribution in [2.24, 2.45) is 0 Å². The molecule has 24 valence electrons. The van der Waals surface area contributed by atoms with E-state index in [0.717, 1.165) is 0 Å². The van der Waals surface area contributed by atoms with Gasteiger partial charge in [-0.3, -0.25) is 0 Å². The van der Waals surface area contributed by atoms with Gasteiger partial charge in [0.1, 0.15) is 0 Å². The average molecular weight is 145 g/mol. The molecule has 0 radical (unpaired) electrons. The van der Waals surface area contributed by atoms with Gasteiger partial charge in [0.2, 0.25) is 0 Å². The molecule has 0 aliphatic rings. The van der Waals surface area contributed by atoms with Crippen molar-refractivity contribution in [3.63, 3.8) is 0 Å². The quantitative estimate of drug-likeness (QED) is 0.430. The monoisotopic (exact) mass is 146 g/mol. The number of carbonyl (C=O) groups excluding carboxylic acids is 1. The first-order valence-electron chi connectivity index (χ1n) is 0.525. The zero-order valence-electron chi connectivity index (χ0n) is 1.67. The summed E-state index contributed by atoms with van der Waals surface area (Å²) >= 11 is -1.32. The molecule has 0 N–H and O–H groups in total. The van der Waals surface area contributed by atoms with E-state index in [1.807, 2.05) is 0 Å². The van der Waals surface area contributed by atoms with Crippen molar-refractivity contribution in [2.45, 2.75) is 0 Å². The van der Waals surface area contributed by atoms with Crippen LogP contribution in [-0.2, 0) is 25.0 Å². The van der Waals surface area contributed by atoms with Crippen LogP contribution in [0.15, 0.2) is 0 Å². The summed E-state index contributed by atoms with van der Waals surface area (Å²) < 4.78 is 10.2. The normalized spacial score (nSPS) is 5.00. The van der Waals surface area contributed by atoms with Crippen molar-refractivity contribution in [3.8, 4) is 0 Å². The zero-order valence-corrected chi connectivity index (χ0v) is 3.41. The van der Waals surface area contributed by atoms with Crippen LogP contribution in [0.5, 0.6) is 0 Å². The Hall–Kier alpha value is 0.00338. The molecule has 0 fully saturated rings. The molecule has 0 aromatic heterocycles. The van der Waals surface area contributed by atoms with Crippen molar-refractivity contribution in [3.05, 3.63) is 0 Å². The Morgan fingerprint density at radius 3 is 2.00 bits per heavy atom. The van der Waals surface area contributed by atoms with Gasteiger partial charge in [-0.1, -0.05) is 0 Å². The van der Waals surface area contributed by atoms with Gasteiger partial charge in [0.15, 0.2) is 0 Å². The zero-order chi connectivity index (χ0) is 3.41. The summed E-state index contributed by atoms with van der Waals surface area (Å²) in [5.41, 5.74) is 0. The van der Waals surface area contributed by atoms with Crippen LogP contribution in [0.2, 0.25) is 0 Å². The summed E-state index contributed by atoms with van der Waals surface area (Å²) in [6.45, 7) is 0. The maximum atomic E-state index is 8.96. The van der Waals surface area contributed by atoms with Crippen LogP contribution in [0.4, 0.5) is 0 Å². The van der Waals surface area contributed by atoms with Crippen molar-refractivity contribution in [1.82, 2.24) is 0 Å². The molecule has 0 amide bonds. The molecule has 0 spiro atoms. The minimum atomic E-state index is -1.32. The third-order valence-corrected chi connectivity index (χ3v) is 0.174. The van der Waals surface area contributed by atoms with Crippen molar-refractivity contribution in [2.75, 3.05) is 0 Å². The van der Waals surface area contributed by atoms with E-state index in [-0.39, 0.29) is 0 Å². The first-order valence-corrected chi connectivity index (χ1v) is 2.10. The molecule has 0 saturated heterocycles. The third kappa shape index (κ3) is 2.00. The molecule has 0 aliphatic carbocycles. The van der Waals surface area contributed by atoms with Gasteiger partial charge in [-0.25, -0.2) is 0 Å². The Morgan fingerprint density at radius 1 is 1.75 bits per heavy atom. The van der Waals surface area contributed by atoms with E-state index >= 15 is 0 Å². The maximum absolute atomic E-state index is 8.96. The van der Waals surface area contributed by atoms with Crippen LogP contribution < -0.4 is 0 Å². The van der Waals surface area contributed by atoms with E-state index in [1.165, 1.54) is 4.47 Å². The summed E-state index contributed by atoms with van der Waals surface area (Å²) in [5, 5.41) is 0. The molecule has 0 rings (SSSR count). The van der Waals surface area contributed by atoms with E-state index in [2.05, 4.69) is 0 Å². The average Bonchev–Trinajstić information content (AvgIpc) is 1.37. The van der Waals surface area contributed by atoms with Gasteiger partial charge >= 0.3 is 29.5 Å². The fourth-order valence-corrected chi connectivity index (χ4v) is 0. The van der Waals surface area contributed by atoms with Crippen LogP contribution in [0.25, 0.3) is 0 Å². The molecule has 3 heteroatoms. The summed E-state index contributed by atoms with van der Waals surface area (Å²) in [7, 11) is 0. The first kappa shape index (κ1) is 4.00. The Bertz CT molecular complexity index is 56.1. The second-order valence-electron chi connectivity index (χ2n) is 0.144. The summed E-state index contributed by atoms with van der Waals surface area (Å²) in [6.07, 6.45) is 0. The first-order chi connectivity index (χ1) is 1.91. The molecule has 0 aliphatic heterocycles. The van der Waals surface area contributed by atoms with Crippen LogP contribution in [0.1, 0.15) is 0 Å². The molecule has 0 aromatic carbocycles. The van der Waals surface area contributed by atoms with Gasteiger partial charge < -0.3 is 0 Å². The standard InChI is InChI=1S/CO.O.Ru/c1-2;;. The molecule has 0 aromatic rings. The molecule has 0 unspecified atom stereocenters. The van der Waals surface area contributed by atoms with E-state index < -0.39 is 16.6 Å². The van der Waals surface area contributed by atoms with Crippen molar-refractivity contribution in [1.29, 1.82) is 0 Å². The minimum absolute atomic E-state index is 1.21. The second kappa shape index (κ2) is 3.00. The molecule has 0 atom stereocenters. The number of hydrogen-bond acceptors (Lipinski definition) is 2. The SMILES string of the molecule is O=[C]=[Ru]=[O]. The van der Waals surface area contributed by atoms with E-state index in [4.69, 9.17) is 8.37 Å². The van der Waals surface area contributed by atoms with Gasteiger partial charge in [-0.05, 0) is 0 Å². The van der Waals surface area contributed by atoms with Gasteiger partial charge in [0.05, 0.1) is 0 Å². The Kier molecular flexibility index (Phi) is 3.01. The van der Waals surface area contributed by atoms with Crippen LogP contribution >= 0.6 is 0 Å². The summed E-state index contributed by atoms with van der Waals surface area (Å²) in [4.78, 5) is 8.78. The predicted octanol–water partition coefficient (Wildman–Crippen LogP) is -0.518. The molecule has 0 saturated carbocycles. The molecular formula is CO2Ru. The van der Waals surface area contributed by atoms with Crippen LogP contribution in [0.3, 0.4) is 0 Å². The van der Waals surface area contributed by atoms with Gasteiger partial charge in [-0.15, -0.1) is 0 Å². The second-order valence-corrected chi connectivity index (χ2v) is 0.854. The fraction of sp³-hybridized carbons (Fsp3) is 0. The molecular weight excluding hydrogens is 145 g/mol. The number of hydrogen-bond donors (Lipinski definition) is 0.